The van der Waals surface area contributed by atoms with Gasteiger partial charge >= 0.3 is 0 Å². The summed E-state index contributed by atoms with van der Waals surface area (Å²) in [6.07, 6.45) is 10.1. The van der Waals surface area contributed by atoms with Gasteiger partial charge in [0.05, 0.1) is 0 Å². The van der Waals surface area contributed by atoms with Crippen LogP contribution in [0.3, 0.4) is 0 Å². The molecule has 2 heteroatoms. The molecule has 2 aliphatic carbocycles. The molecule has 0 amide bonds. The van der Waals surface area contributed by atoms with E-state index in [9.17, 15) is 0 Å². The standard InChI is InChI=1S/C19H36N2/c1-4-9-20-19-8-6-16(14(2)3)11-17(19)13-21-12-15-5-7-18(21)10-15/h14-20H,4-13H2,1-3H3. The number of nitrogens with one attached hydrogen (secondary N) is 1. The van der Waals surface area contributed by atoms with Crippen molar-refractivity contribution in [1.29, 1.82) is 0 Å². The van der Waals surface area contributed by atoms with Crippen molar-refractivity contribution < 1.29 is 0 Å². The molecule has 0 radical (unpaired) electrons. The fourth-order valence-corrected chi connectivity index (χ4v) is 5.26. The lowest BCUT2D eigenvalue weighted by Crippen LogP contribution is -2.48. The van der Waals surface area contributed by atoms with Crippen LogP contribution in [0, 0.1) is 23.7 Å². The van der Waals surface area contributed by atoms with Crippen LogP contribution >= 0.6 is 0 Å². The van der Waals surface area contributed by atoms with Crippen molar-refractivity contribution in [2.24, 2.45) is 23.7 Å². The van der Waals surface area contributed by atoms with Gasteiger partial charge in [0.15, 0.2) is 0 Å². The molecule has 0 aromatic rings. The third-order valence-corrected chi connectivity index (χ3v) is 6.61. The molecule has 0 aromatic carbocycles. The Hall–Kier alpha value is -0.0800. The van der Waals surface area contributed by atoms with Gasteiger partial charge in [0.25, 0.3) is 0 Å². The van der Waals surface area contributed by atoms with Crippen LogP contribution in [0.25, 0.3) is 0 Å². The van der Waals surface area contributed by atoms with Gasteiger partial charge < -0.3 is 5.32 Å². The highest BCUT2D eigenvalue weighted by Gasteiger charge is 2.40. The number of hydrogen-bond donors (Lipinski definition) is 1. The van der Waals surface area contributed by atoms with E-state index in [2.05, 4.69) is 31.0 Å². The molecule has 1 saturated heterocycles. The largest absolute Gasteiger partial charge is 0.314 e. The lowest BCUT2D eigenvalue weighted by atomic mass is 9.73. The summed E-state index contributed by atoms with van der Waals surface area (Å²) in [6, 6.07) is 1.74. The molecule has 2 bridgehead atoms. The van der Waals surface area contributed by atoms with E-state index in [-0.39, 0.29) is 0 Å². The van der Waals surface area contributed by atoms with Crippen molar-refractivity contribution >= 4 is 0 Å². The van der Waals surface area contributed by atoms with Crippen molar-refractivity contribution in [3.63, 3.8) is 0 Å². The zero-order chi connectivity index (χ0) is 14.8. The predicted octanol–water partition coefficient (Wildman–Crippen LogP) is 3.91. The lowest BCUT2D eigenvalue weighted by Gasteiger charge is -2.41. The van der Waals surface area contributed by atoms with E-state index >= 15 is 0 Å². The highest BCUT2D eigenvalue weighted by Crippen LogP contribution is 2.40. The minimum Gasteiger partial charge on any atom is -0.314 e. The van der Waals surface area contributed by atoms with Gasteiger partial charge in [0, 0.05) is 25.2 Å². The van der Waals surface area contributed by atoms with E-state index in [1.54, 1.807) is 0 Å². The molecule has 1 heterocycles. The molecule has 5 unspecified atom stereocenters. The molecule has 2 nitrogen and oxygen atoms in total. The lowest BCUT2D eigenvalue weighted by molar-refractivity contribution is 0.105. The molecule has 2 saturated carbocycles. The van der Waals surface area contributed by atoms with Gasteiger partial charge in [-0.2, -0.15) is 0 Å². The van der Waals surface area contributed by atoms with Crippen LogP contribution < -0.4 is 5.32 Å². The topological polar surface area (TPSA) is 15.3 Å². The highest BCUT2D eigenvalue weighted by atomic mass is 15.2. The van der Waals surface area contributed by atoms with Gasteiger partial charge in [-0.15, -0.1) is 0 Å². The Bertz CT molecular complexity index is 328. The molecule has 3 aliphatic rings. The molecule has 122 valence electrons. The zero-order valence-corrected chi connectivity index (χ0v) is 14.5. The average molecular weight is 293 g/mol. The molecule has 1 N–H and O–H groups in total. The number of nitrogens with zero attached hydrogens (tertiary/aromatic N) is 1. The maximum Gasteiger partial charge on any atom is 0.0108 e. The van der Waals surface area contributed by atoms with Crippen LogP contribution in [0.4, 0.5) is 0 Å². The molecule has 21 heavy (non-hydrogen) atoms. The first kappa shape index (κ1) is 15.8. The minimum absolute atomic E-state index is 0.791. The first-order valence-electron chi connectivity index (χ1n) is 9.64. The normalized spacial score (nSPS) is 40.3. The van der Waals surface area contributed by atoms with Crippen LogP contribution in [0.5, 0.6) is 0 Å². The monoisotopic (exact) mass is 292 g/mol. The van der Waals surface area contributed by atoms with Gasteiger partial charge in [0.1, 0.15) is 0 Å². The molecule has 3 fully saturated rings. The Morgan fingerprint density at radius 2 is 1.95 bits per heavy atom. The number of hydrogen-bond acceptors (Lipinski definition) is 2. The Balaban J connectivity index is 1.59. The second-order valence-electron chi connectivity index (χ2n) is 8.42. The minimum atomic E-state index is 0.791. The fourth-order valence-electron chi connectivity index (χ4n) is 5.26. The van der Waals surface area contributed by atoms with Crippen molar-refractivity contribution in [3.8, 4) is 0 Å². The van der Waals surface area contributed by atoms with Gasteiger partial charge in [-0.25, -0.2) is 0 Å². The number of likely N-dealkylation sites (tertiary alicyclic amines) is 1. The molecular weight excluding hydrogens is 256 g/mol. The maximum absolute atomic E-state index is 3.87. The van der Waals surface area contributed by atoms with E-state index in [4.69, 9.17) is 0 Å². The van der Waals surface area contributed by atoms with Gasteiger partial charge in [-0.1, -0.05) is 20.8 Å². The Morgan fingerprint density at radius 3 is 2.57 bits per heavy atom. The maximum atomic E-state index is 3.87. The summed E-state index contributed by atoms with van der Waals surface area (Å²) in [5.41, 5.74) is 0. The van der Waals surface area contributed by atoms with Crippen molar-refractivity contribution in [3.05, 3.63) is 0 Å². The van der Waals surface area contributed by atoms with E-state index in [1.165, 1.54) is 64.6 Å². The third-order valence-electron chi connectivity index (χ3n) is 6.61. The van der Waals surface area contributed by atoms with Gasteiger partial charge in [-0.05, 0) is 75.2 Å². The van der Waals surface area contributed by atoms with Crippen molar-refractivity contribution in [2.45, 2.75) is 77.8 Å². The summed E-state index contributed by atoms with van der Waals surface area (Å²) in [6.45, 7) is 11.2. The summed E-state index contributed by atoms with van der Waals surface area (Å²) >= 11 is 0. The third kappa shape index (κ3) is 3.64. The summed E-state index contributed by atoms with van der Waals surface area (Å²) in [5.74, 6) is 3.78. The van der Waals surface area contributed by atoms with E-state index in [0.717, 1.165) is 35.8 Å². The van der Waals surface area contributed by atoms with Crippen molar-refractivity contribution in [1.82, 2.24) is 10.2 Å². The first-order chi connectivity index (χ1) is 10.2. The average Bonchev–Trinajstić information content (AvgIpc) is 3.08. The van der Waals surface area contributed by atoms with Crippen LogP contribution in [0.1, 0.15) is 65.7 Å². The molecule has 0 spiro atoms. The van der Waals surface area contributed by atoms with Crippen molar-refractivity contribution in [2.75, 3.05) is 19.6 Å². The molecular formula is C19H36N2. The fraction of sp³-hybridized carbons (Fsp3) is 1.00. The molecule has 1 aliphatic heterocycles. The van der Waals surface area contributed by atoms with E-state index in [1.807, 2.05) is 0 Å². The van der Waals surface area contributed by atoms with E-state index < -0.39 is 0 Å². The Kier molecular flexibility index (Phi) is 5.27. The summed E-state index contributed by atoms with van der Waals surface area (Å²) in [4.78, 5) is 2.86. The van der Waals surface area contributed by atoms with Crippen LogP contribution in [0.15, 0.2) is 0 Å². The Labute approximate surface area is 132 Å². The summed E-state index contributed by atoms with van der Waals surface area (Å²) in [5, 5.41) is 3.87. The predicted molar refractivity (Wildman–Crippen MR) is 90.5 cm³/mol. The quantitative estimate of drug-likeness (QED) is 0.798. The van der Waals surface area contributed by atoms with E-state index in [0.29, 0.717) is 0 Å². The van der Waals surface area contributed by atoms with Crippen LogP contribution in [0.2, 0.25) is 0 Å². The Morgan fingerprint density at radius 1 is 1.10 bits per heavy atom. The van der Waals surface area contributed by atoms with Crippen LogP contribution in [-0.4, -0.2) is 36.6 Å². The first-order valence-corrected chi connectivity index (χ1v) is 9.64. The smallest absolute Gasteiger partial charge is 0.0108 e. The summed E-state index contributed by atoms with van der Waals surface area (Å²) < 4.78 is 0. The SMILES string of the molecule is CCCNC1CCC(C(C)C)CC1CN1CC2CCC1C2. The highest BCUT2D eigenvalue weighted by molar-refractivity contribution is 4.95. The molecule has 0 aromatic heterocycles. The van der Waals surface area contributed by atoms with Gasteiger partial charge in [-0.3, -0.25) is 4.90 Å². The number of fused-ring (bicyclic) bond motifs is 2. The molecule has 5 atom stereocenters. The number of piperidine rings is 1. The zero-order valence-electron chi connectivity index (χ0n) is 14.5. The molecule has 3 rings (SSSR count). The number of rotatable bonds is 6. The summed E-state index contributed by atoms with van der Waals surface area (Å²) in [7, 11) is 0. The van der Waals surface area contributed by atoms with Crippen LogP contribution in [-0.2, 0) is 0 Å². The van der Waals surface area contributed by atoms with Gasteiger partial charge in [0.2, 0.25) is 0 Å². The second kappa shape index (κ2) is 7.00. The second-order valence-corrected chi connectivity index (χ2v) is 8.42.